The molecule has 1 aliphatic rings. The summed E-state index contributed by atoms with van der Waals surface area (Å²) in [7, 11) is 0. The normalized spacial score (nSPS) is 17.7. The topological polar surface area (TPSA) is 36.0 Å². The van der Waals surface area contributed by atoms with Crippen molar-refractivity contribution in [3.8, 4) is 0 Å². The number of hydrogen-bond donors (Lipinski definition) is 0. The molecule has 1 heterocycles. The highest BCUT2D eigenvalue weighted by Crippen LogP contribution is 2.24. The van der Waals surface area contributed by atoms with E-state index in [2.05, 4.69) is 22.0 Å². The van der Waals surface area contributed by atoms with E-state index in [-0.39, 0.29) is 11.9 Å². The third-order valence-electron chi connectivity index (χ3n) is 4.71. The molecule has 27 heavy (non-hydrogen) atoms. The summed E-state index contributed by atoms with van der Waals surface area (Å²) >= 11 is 6.03. The molecule has 2 aromatic carbocycles. The zero-order chi connectivity index (χ0) is 19.2. The number of rotatable bonds is 6. The Morgan fingerprint density at radius 3 is 2.48 bits per heavy atom. The molecule has 1 atom stereocenters. The lowest BCUT2D eigenvalue weighted by Gasteiger charge is -2.45. The molecule has 0 aliphatic carbocycles. The lowest BCUT2D eigenvalue weighted by molar-refractivity contribution is -0.277. The van der Waals surface area contributed by atoms with Gasteiger partial charge in [0, 0.05) is 37.3 Å². The molecule has 0 aromatic heterocycles. The molecule has 0 bridgehead atoms. The fourth-order valence-electron chi connectivity index (χ4n) is 3.50. The monoisotopic (exact) mass is 387 g/mol. The second-order valence-corrected chi connectivity index (χ2v) is 7.08. The van der Waals surface area contributed by atoms with Crippen LogP contribution in [0.15, 0.2) is 54.6 Å². The van der Waals surface area contributed by atoms with Crippen LogP contribution in [0.4, 0.5) is 5.69 Å². The average Bonchev–Trinajstić information content (AvgIpc) is 2.68. The van der Waals surface area contributed by atoms with Crippen LogP contribution >= 0.6 is 11.6 Å². The summed E-state index contributed by atoms with van der Waals surface area (Å²) in [5.74, 6) is -0.102. The molecule has 144 valence electrons. The standard InChI is InChI=1S/C21H26ClN3O2/c1-3-27-25(17(2)26)24-14-13-23(20-11-9-19(22)10-12-20)16-21(24)15-18-7-5-4-6-8-18/h4-12,21H,3,13-16H2,1-2H3. The van der Waals surface area contributed by atoms with Crippen LogP contribution in [0, 0.1) is 0 Å². The summed E-state index contributed by atoms with van der Waals surface area (Å²) in [6.45, 7) is 6.21. The first-order chi connectivity index (χ1) is 13.1. The molecular weight excluding hydrogens is 362 g/mol. The van der Waals surface area contributed by atoms with Gasteiger partial charge in [0.15, 0.2) is 0 Å². The van der Waals surface area contributed by atoms with E-state index in [4.69, 9.17) is 16.4 Å². The van der Waals surface area contributed by atoms with E-state index in [0.717, 1.165) is 30.2 Å². The second-order valence-electron chi connectivity index (χ2n) is 6.64. The number of hydrogen-bond acceptors (Lipinski definition) is 4. The van der Waals surface area contributed by atoms with Gasteiger partial charge in [0.1, 0.15) is 0 Å². The van der Waals surface area contributed by atoms with Crippen molar-refractivity contribution in [2.45, 2.75) is 26.3 Å². The summed E-state index contributed by atoms with van der Waals surface area (Å²) in [5.41, 5.74) is 2.38. The van der Waals surface area contributed by atoms with Crippen molar-refractivity contribution < 1.29 is 9.63 Å². The van der Waals surface area contributed by atoms with Crippen molar-refractivity contribution in [1.82, 2.24) is 10.2 Å². The molecule has 0 radical (unpaired) electrons. The van der Waals surface area contributed by atoms with Crippen molar-refractivity contribution in [3.05, 3.63) is 65.2 Å². The Morgan fingerprint density at radius 2 is 1.85 bits per heavy atom. The van der Waals surface area contributed by atoms with Crippen LogP contribution in [-0.2, 0) is 16.1 Å². The number of anilines is 1. The van der Waals surface area contributed by atoms with Crippen LogP contribution < -0.4 is 4.90 Å². The molecule has 1 unspecified atom stereocenters. The molecule has 6 heteroatoms. The van der Waals surface area contributed by atoms with Gasteiger partial charge in [0.2, 0.25) is 0 Å². The molecule has 2 aromatic rings. The number of halogens is 1. The van der Waals surface area contributed by atoms with Crippen molar-refractivity contribution in [2.24, 2.45) is 0 Å². The minimum absolute atomic E-state index is 0.102. The maximum Gasteiger partial charge on any atom is 0.258 e. The molecule has 5 nitrogen and oxygen atoms in total. The summed E-state index contributed by atoms with van der Waals surface area (Å²) in [6.07, 6.45) is 0.835. The summed E-state index contributed by atoms with van der Waals surface area (Å²) in [6, 6.07) is 18.4. The lowest BCUT2D eigenvalue weighted by Crippen LogP contribution is -2.61. The molecule has 1 amide bonds. The van der Waals surface area contributed by atoms with E-state index in [1.807, 2.05) is 49.4 Å². The first-order valence-corrected chi connectivity index (χ1v) is 9.71. The van der Waals surface area contributed by atoms with Crippen molar-refractivity contribution in [2.75, 3.05) is 31.1 Å². The largest absolute Gasteiger partial charge is 0.369 e. The predicted molar refractivity (Wildman–Crippen MR) is 108 cm³/mol. The summed E-state index contributed by atoms with van der Waals surface area (Å²) < 4.78 is 0. The van der Waals surface area contributed by atoms with Crippen LogP contribution in [0.1, 0.15) is 19.4 Å². The number of nitrogens with zero attached hydrogens (tertiary/aromatic N) is 3. The number of piperazine rings is 1. The number of carbonyl (C=O) groups is 1. The predicted octanol–water partition coefficient (Wildman–Crippen LogP) is 3.79. The number of hydrazine groups is 1. The SMILES string of the molecule is CCON(C(C)=O)N1CCN(c2ccc(Cl)cc2)CC1Cc1ccccc1. The average molecular weight is 388 g/mol. The lowest BCUT2D eigenvalue weighted by atomic mass is 10.0. The van der Waals surface area contributed by atoms with E-state index >= 15 is 0 Å². The second kappa shape index (κ2) is 9.22. The highest BCUT2D eigenvalue weighted by Gasteiger charge is 2.33. The number of amides is 1. The Kier molecular flexibility index (Phi) is 6.72. The maximum atomic E-state index is 12.2. The van der Waals surface area contributed by atoms with E-state index in [1.54, 1.807) is 6.92 Å². The molecule has 1 saturated heterocycles. The minimum Gasteiger partial charge on any atom is -0.369 e. The Hall–Kier alpha value is -2.08. The Balaban J connectivity index is 1.83. The number of carbonyl (C=O) groups excluding carboxylic acids is 1. The molecule has 0 spiro atoms. The zero-order valence-corrected chi connectivity index (χ0v) is 16.6. The van der Waals surface area contributed by atoms with Crippen molar-refractivity contribution in [3.63, 3.8) is 0 Å². The molecule has 3 rings (SSSR count). The highest BCUT2D eigenvalue weighted by atomic mass is 35.5. The fourth-order valence-corrected chi connectivity index (χ4v) is 3.62. The first kappa shape index (κ1) is 19.7. The number of benzene rings is 2. The van der Waals surface area contributed by atoms with Gasteiger partial charge < -0.3 is 4.90 Å². The van der Waals surface area contributed by atoms with Gasteiger partial charge in [-0.2, -0.15) is 5.01 Å². The van der Waals surface area contributed by atoms with E-state index < -0.39 is 0 Å². The van der Waals surface area contributed by atoms with Crippen LogP contribution in [0.2, 0.25) is 5.02 Å². The minimum atomic E-state index is -0.102. The Labute approximate surface area is 166 Å². The van der Waals surface area contributed by atoms with Gasteiger partial charge in [-0.15, -0.1) is 5.17 Å². The van der Waals surface area contributed by atoms with Gasteiger partial charge >= 0.3 is 0 Å². The molecule has 0 N–H and O–H groups in total. The van der Waals surface area contributed by atoms with Crippen LogP contribution in [0.5, 0.6) is 0 Å². The maximum absolute atomic E-state index is 12.2. The van der Waals surface area contributed by atoms with Gasteiger partial charge in [-0.1, -0.05) is 41.9 Å². The van der Waals surface area contributed by atoms with Gasteiger partial charge in [0.25, 0.3) is 5.91 Å². The van der Waals surface area contributed by atoms with E-state index in [9.17, 15) is 4.79 Å². The summed E-state index contributed by atoms with van der Waals surface area (Å²) in [5, 5.41) is 4.23. The summed E-state index contributed by atoms with van der Waals surface area (Å²) in [4.78, 5) is 20.1. The van der Waals surface area contributed by atoms with E-state index in [0.29, 0.717) is 13.2 Å². The van der Waals surface area contributed by atoms with Crippen LogP contribution in [-0.4, -0.2) is 48.4 Å². The van der Waals surface area contributed by atoms with Gasteiger partial charge in [-0.05, 0) is 43.2 Å². The van der Waals surface area contributed by atoms with E-state index in [1.165, 1.54) is 10.7 Å². The van der Waals surface area contributed by atoms with Crippen molar-refractivity contribution in [1.29, 1.82) is 0 Å². The molecule has 1 fully saturated rings. The molecular formula is C21H26ClN3O2. The van der Waals surface area contributed by atoms with Crippen molar-refractivity contribution >= 4 is 23.2 Å². The third-order valence-corrected chi connectivity index (χ3v) is 4.96. The Bertz CT molecular complexity index is 739. The number of hydroxylamine groups is 1. The Morgan fingerprint density at radius 1 is 1.15 bits per heavy atom. The van der Waals surface area contributed by atoms with Crippen LogP contribution in [0.25, 0.3) is 0 Å². The van der Waals surface area contributed by atoms with Crippen LogP contribution in [0.3, 0.4) is 0 Å². The highest BCUT2D eigenvalue weighted by molar-refractivity contribution is 6.30. The van der Waals surface area contributed by atoms with Gasteiger partial charge in [-0.3, -0.25) is 9.63 Å². The molecule has 0 saturated carbocycles. The van der Waals surface area contributed by atoms with Gasteiger partial charge in [0.05, 0.1) is 12.6 Å². The fraction of sp³-hybridized carbons (Fsp3) is 0.381. The quantitative estimate of drug-likeness (QED) is 0.706. The van der Waals surface area contributed by atoms with Gasteiger partial charge in [-0.25, -0.2) is 0 Å². The smallest absolute Gasteiger partial charge is 0.258 e. The molecule has 1 aliphatic heterocycles. The third kappa shape index (κ3) is 5.01. The first-order valence-electron chi connectivity index (χ1n) is 9.33. The zero-order valence-electron chi connectivity index (χ0n) is 15.8.